The summed E-state index contributed by atoms with van der Waals surface area (Å²) in [5.41, 5.74) is 2.89. The molecule has 132 valence electrons. The third kappa shape index (κ3) is 3.12. The summed E-state index contributed by atoms with van der Waals surface area (Å²) in [6, 6.07) is 14.9. The Morgan fingerprint density at radius 3 is 1.92 bits per heavy atom. The number of rotatable bonds is 3. The Bertz CT molecular complexity index is 815. The molecule has 2 amide bonds. The molecular formula is C21H21N3O2. The summed E-state index contributed by atoms with van der Waals surface area (Å²) in [6.45, 7) is 2.20. The van der Waals surface area contributed by atoms with Gasteiger partial charge in [0, 0.05) is 18.8 Å². The molecule has 0 unspecified atom stereocenters. The minimum absolute atomic E-state index is 0.372. The zero-order chi connectivity index (χ0) is 17.9. The van der Waals surface area contributed by atoms with Crippen LogP contribution >= 0.6 is 0 Å². The van der Waals surface area contributed by atoms with Crippen LogP contribution < -0.4 is 4.90 Å². The van der Waals surface area contributed by atoms with Crippen LogP contribution in [0, 0.1) is 0 Å². The second kappa shape index (κ2) is 7.12. The number of fused-ring (bicyclic) bond motifs is 1. The molecule has 0 aromatic heterocycles. The average molecular weight is 347 g/mol. The number of nitrogens with zero attached hydrogens (tertiary/aromatic N) is 3. The molecule has 0 saturated carbocycles. The van der Waals surface area contributed by atoms with Crippen molar-refractivity contribution in [3.8, 4) is 0 Å². The van der Waals surface area contributed by atoms with Gasteiger partial charge in [-0.3, -0.25) is 9.59 Å². The van der Waals surface area contributed by atoms with E-state index < -0.39 is 0 Å². The Balaban J connectivity index is 1.48. The van der Waals surface area contributed by atoms with Crippen LogP contribution in [0.15, 0.2) is 53.6 Å². The van der Waals surface area contributed by atoms with Crippen molar-refractivity contribution in [2.75, 3.05) is 18.0 Å². The Labute approximate surface area is 152 Å². The van der Waals surface area contributed by atoms with E-state index in [1.54, 1.807) is 30.5 Å². The predicted octanol–water partition coefficient (Wildman–Crippen LogP) is 3.70. The van der Waals surface area contributed by atoms with Gasteiger partial charge in [0.05, 0.1) is 17.3 Å². The molecule has 2 aromatic rings. The number of hydrogen-bond donors (Lipinski definition) is 0. The molecule has 1 saturated heterocycles. The first-order chi connectivity index (χ1) is 12.7. The fourth-order valence-electron chi connectivity index (χ4n) is 3.51. The lowest BCUT2D eigenvalue weighted by molar-refractivity contribution is 0.0660. The van der Waals surface area contributed by atoms with Crippen LogP contribution in [0.5, 0.6) is 0 Å². The number of hydrogen-bond acceptors (Lipinski definition) is 4. The van der Waals surface area contributed by atoms with Gasteiger partial charge in [-0.05, 0) is 42.7 Å². The number of amides is 2. The van der Waals surface area contributed by atoms with Gasteiger partial charge in [-0.15, -0.1) is 0 Å². The molecule has 2 aliphatic rings. The van der Waals surface area contributed by atoms with Crippen LogP contribution in [0.2, 0.25) is 0 Å². The number of benzene rings is 2. The average Bonchev–Trinajstić information content (AvgIpc) is 2.87. The highest BCUT2D eigenvalue weighted by Gasteiger charge is 2.35. The normalized spacial score (nSPS) is 17.7. The van der Waals surface area contributed by atoms with Gasteiger partial charge < -0.3 is 4.90 Å². The number of carbonyl (C=O) groups excluding carboxylic acids is 2. The maximum atomic E-state index is 12.3. The molecular weight excluding hydrogens is 326 g/mol. The van der Waals surface area contributed by atoms with E-state index in [4.69, 9.17) is 0 Å². The van der Waals surface area contributed by atoms with E-state index >= 15 is 0 Å². The van der Waals surface area contributed by atoms with E-state index in [9.17, 15) is 9.59 Å². The van der Waals surface area contributed by atoms with Gasteiger partial charge in [0.1, 0.15) is 0 Å². The summed E-state index contributed by atoms with van der Waals surface area (Å²) >= 11 is 0. The van der Waals surface area contributed by atoms with E-state index in [0.717, 1.165) is 23.7 Å². The summed E-state index contributed by atoms with van der Waals surface area (Å²) in [4.78, 5) is 27.0. The molecule has 0 N–H and O–H groups in total. The van der Waals surface area contributed by atoms with E-state index in [2.05, 4.69) is 22.1 Å². The van der Waals surface area contributed by atoms with Crippen molar-refractivity contribution >= 4 is 23.7 Å². The molecule has 26 heavy (non-hydrogen) atoms. The van der Waals surface area contributed by atoms with Gasteiger partial charge in [0.15, 0.2) is 0 Å². The SMILES string of the molecule is O=C1c2ccccc2C(=O)N1/N=C\c1ccc(N2CCCCCC2)cc1. The van der Waals surface area contributed by atoms with Crippen molar-refractivity contribution in [3.63, 3.8) is 0 Å². The monoisotopic (exact) mass is 347 g/mol. The van der Waals surface area contributed by atoms with Gasteiger partial charge in [-0.1, -0.05) is 37.1 Å². The molecule has 2 aliphatic heterocycles. The Kier molecular flexibility index (Phi) is 4.52. The maximum absolute atomic E-state index is 12.3. The van der Waals surface area contributed by atoms with Crippen molar-refractivity contribution in [2.24, 2.45) is 5.10 Å². The highest BCUT2D eigenvalue weighted by molar-refractivity contribution is 6.21. The summed E-state index contributed by atoms with van der Waals surface area (Å²) in [5.74, 6) is -0.744. The van der Waals surface area contributed by atoms with Crippen LogP contribution in [-0.2, 0) is 0 Å². The second-order valence-corrected chi connectivity index (χ2v) is 6.71. The molecule has 4 rings (SSSR count). The first kappa shape index (κ1) is 16.5. The molecule has 0 spiro atoms. The summed E-state index contributed by atoms with van der Waals surface area (Å²) < 4.78 is 0. The summed E-state index contributed by atoms with van der Waals surface area (Å²) in [6.07, 6.45) is 6.66. The number of hydrazone groups is 1. The molecule has 0 atom stereocenters. The minimum Gasteiger partial charge on any atom is -0.372 e. The zero-order valence-corrected chi connectivity index (χ0v) is 14.6. The maximum Gasteiger partial charge on any atom is 0.282 e. The van der Waals surface area contributed by atoms with Gasteiger partial charge >= 0.3 is 0 Å². The number of carbonyl (C=O) groups is 2. The minimum atomic E-state index is -0.372. The lowest BCUT2D eigenvalue weighted by atomic mass is 10.1. The molecule has 0 aliphatic carbocycles. The Morgan fingerprint density at radius 2 is 1.35 bits per heavy atom. The topological polar surface area (TPSA) is 53.0 Å². The van der Waals surface area contributed by atoms with Crippen molar-refractivity contribution < 1.29 is 9.59 Å². The second-order valence-electron chi connectivity index (χ2n) is 6.71. The van der Waals surface area contributed by atoms with E-state index in [1.807, 2.05) is 12.1 Å². The van der Waals surface area contributed by atoms with Crippen molar-refractivity contribution in [3.05, 3.63) is 65.2 Å². The van der Waals surface area contributed by atoms with E-state index in [-0.39, 0.29) is 11.8 Å². The fraction of sp³-hybridized carbons (Fsp3) is 0.286. The standard InChI is InChI=1S/C21H21N3O2/c25-20-18-7-3-4-8-19(18)21(26)24(20)22-15-16-9-11-17(12-10-16)23-13-5-1-2-6-14-23/h3-4,7-12,15H,1-2,5-6,13-14H2/b22-15-. The Morgan fingerprint density at radius 1 is 0.769 bits per heavy atom. The summed E-state index contributed by atoms with van der Waals surface area (Å²) in [7, 11) is 0. The van der Waals surface area contributed by atoms with Crippen molar-refractivity contribution in [2.45, 2.75) is 25.7 Å². The van der Waals surface area contributed by atoms with Crippen LogP contribution in [0.1, 0.15) is 52.0 Å². The third-order valence-electron chi connectivity index (χ3n) is 4.96. The molecule has 5 heteroatoms. The van der Waals surface area contributed by atoms with Crippen LogP contribution in [0.25, 0.3) is 0 Å². The van der Waals surface area contributed by atoms with Crippen molar-refractivity contribution in [1.82, 2.24) is 5.01 Å². The van der Waals surface area contributed by atoms with Crippen LogP contribution in [-0.4, -0.2) is 36.1 Å². The number of anilines is 1. The van der Waals surface area contributed by atoms with Crippen molar-refractivity contribution in [1.29, 1.82) is 0 Å². The quantitative estimate of drug-likeness (QED) is 0.628. The Hall–Kier alpha value is -2.95. The van der Waals surface area contributed by atoms with Gasteiger partial charge in [-0.25, -0.2) is 0 Å². The lowest BCUT2D eigenvalue weighted by Crippen LogP contribution is -2.24. The van der Waals surface area contributed by atoms with Gasteiger partial charge in [-0.2, -0.15) is 10.1 Å². The number of imide groups is 1. The largest absolute Gasteiger partial charge is 0.372 e. The van der Waals surface area contributed by atoms with Crippen LogP contribution in [0.4, 0.5) is 5.69 Å². The first-order valence-corrected chi connectivity index (χ1v) is 9.11. The van der Waals surface area contributed by atoms with Crippen LogP contribution in [0.3, 0.4) is 0 Å². The molecule has 0 radical (unpaired) electrons. The fourth-order valence-corrected chi connectivity index (χ4v) is 3.51. The first-order valence-electron chi connectivity index (χ1n) is 9.11. The van der Waals surface area contributed by atoms with Gasteiger partial charge in [0.2, 0.25) is 0 Å². The van der Waals surface area contributed by atoms with Gasteiger partial charge in [0.25, 0.3) is 11.8 Å². The highest BCUT2D eigenvalue weighted by atomic mass is 16.2. The highest BCUT2D eigenvalue weighted by Crippen LogP contribution is 2.23. The van der Waals surface area contributed by atoms with E-state index in [1.165, 1.54) is 31.4 Å². The smallest absolute Gasteiger partial charge is 0.282 e. The third-order valence-corrected chi connectivity index (χ3v) is 4.96. The molecule has 0 bridgehead atoms. The lowest BCUT2D eigenvalue weighted by Gasteiger charge is -2.22. The molecule has 1 fully saturated rings. The predicted molar refractivity (Wildman–Crippen MR) is 102 cm³/mol. The molecule has 2 heterocycles. The molecule has 2 aromatic carbocycles. The van der Waals surface area contributed by atoms with E-state index in [0.29, 0.717) is 11.1 Å². The molecule has 5 nitrogen and oxygen atoms in total. The zero-order valence-electron chi connectivity index (χ0n) is 14.6. The summed E-state index contributed by atoms with van der Waals surface area (Å²) in [5, 5.41) is 5.06.